The van der Waals surface area contributed by atoms with Crippen molar-refractivity contribution in [1.29, 1.82) is 0 Å². The molecule has 0 aromatic heterocycles. The molecule has 0 rings (SSSR count). The normalized spacial score (nSPS) is 13.7. The molecule has 0 bridgehead atoms. The summed E-state index contributed by atoms with van der Waals surface area (Å²) in [6.07, 6.45) is 0.603. The summed E-state index contributed by atoms with van der Waals surface area (Å²) in [5, 5.41) is 7.37. The molecule has 0 unspecified atom stereocenters. The third-order valence-corrected chi connectivity index (χ3v) is 3.61. The minimum absolute atomic E-state index is 0.0471. The first-order valence-electron chi connectivity index (χ1n) is 7.91. The van der Waals surface area contributed by atoms with E-state index in [2.05, 4.69) is 33.6 Å². The molecular formula is C14H27N7O4S. The number of carbonyl (C=O) groups is 4. The molecule has 0 aliphatic carbocycles. The molecule has 0 fully saturated rings. The van der Waals surface area contributed by atoms with Gasteiger partial charge in [-0.05, 0) is 19.8 Å². The van der Waals surface area contributed by atoms with Crippen LogP contribution in [0, 0.1) is 0 Å². The van der Waals surface area contributed by atoms with Crippen LogP contribution in [0.25, 0.3) is 0 Å². The number of amides is 4. The molecule has 148 valence electrons. The molecule has 0 saturated carbocycles. The van der Waals surface area contributed by atoms with Gasteiger partial charge in [-0.15, -0.1) is 0 Å². The second kappa shape index (κ2) is 12.0. The summed E-state index contributed by atoms with van der Waals surface area (Å²) in [6.45, 7) is 2.94. The topological polar surface area (TPSA) is 195 Å². The van der Waals surface area contributed by atoms with Crippen LogP contribution in [0.3, 0.4) is 0 Å². The van der Waals surface area contributed by atoms with Crippen molar-refractivity contribution in [3.05, 3.63) is 0 Å². The zero-order valence-electron chi connectivity index (χ0n) is 14.8. The van der Waals surface area contributed by atoms with Crippen LogP contribution in [0.15, 0.2) is 4.99 Å². The number of nitrogens with one attached hydrogen (secondary N) is 3. The van der Waals surface area contributed by atoms with E-state index in [0.29, 0.717) is 6.42 Å². The maximum absolute atomic E-state index is 12.3. The molecular weight excluding hydrogens is 362 g/mol. The summed E-state index contributed by atoms with van der Waals surface area (Å²) in [7, 11) is 0. The Hall–Kier alpha value is -2.50. The van der Waals surface area contributed by atoms with Gasteiger partial charge in [0.25, 0.3) is 0 Å². The zero-order chi connectivity index (χ0) is 20.3. The van der Waals surface area contributed by atoms with E-state index >= 15 is 0 Å². The summed E-state index contributed by atoms with van der Waals surface area (Å²) in [5.74, 6) is -2.33. The van der Waals surface area contributed by atoms with Crippen LogP contribution in [-0.2, 0) is 19.2 Å². The molecule has 0 aromatic carbocycles. The first-order valence-corrected chi connectivity index (χ1v) is 8.55. The zero-order valence-corrected chi connectivity index (χ0v) is 15.7. The second-order valence-electron chi connectivity index (χ2n) is 5.58. The number of thiol groups is 1. The lowest BCUT2D eigenvalue weighted by Crippen LogP contribution is -2.56. The van der Waals surface area contributed by atoms with E-state index in [0.717, 1.165) is 0 Å². The van der Waals surface area contributed by atoms with Gasteiger partial charge in [0.15, 0.2) is 5.96 Å². The highest BCUT2D eigenvalue weighted by atomic mass is 32.1. The number of carbonyl (C=O) groups excluding carboxylic acids is 4. The maximum atomic E-state index is 12.3. The molecule has 0 spiro atoms. The molecule has 0 saturated heterocycles. The third-order valence-electron chi connectivity index (χ3n) is 3.24. The first-order chi connectivity index (χ1) is 12.1. The lowest BCUT2D eigenvalue weighted by molar-refractivity contribution is -0.132. The average molecular weight is 389 g/mol. The van der Waals surface area contributed by atoms with Gasteiger partial charge in [0.2, 0.25) is 23.6 Å². The molecule has 11 nitrogen and oxygen atoms in total. The number of primary amides is 1. The van der Waals surface area contributed by atoms with Crippen LogP contribution in [0.2, 0.25) is 0 Å². The van der Waals surface area contributed by atoms with Gasteiger partial charge >= 0.3 is 0 Å². The number of rotatable bonds is 11. The predicted molar refractivity (Wildman–Crippen MR) is 100 cm³/mol. The van der Waals surface area contributed by atoms with E-state index in [-0.39, 0.29) is 24.7 Å². The second-order valence-corrected chi connectivity index (χ2v) is 5.94. The fourth-order valence-electron chi connectivity index (χ4n) is 1.87. The summed E-state index contributed by atoms with van der Waals surface area (Å²) < 4.78 is 0. The Labute approximate surface area is 157 Å². The van der Waals surface area contributed by atoms with E-state index in [4.69, 9.17) is 17.2 Å². The Balaban J connectivity index is 5.02. The Kier molecular flexibility index (Phi) is 10.8. The first kappa shape index (κ1) is 23.5. The Morgan fingerprint density at radius 2 is 1.58 bits per heavy atom. The van der Waals surface area contributed by atoms with Gasteiger partial charge in [-0.25, -0.2) is 0 Å². The van der Waals surface area contributed by atoms with Gasteiger partial charge < -0.3 is 33.2 Å². The molecule has 12 heteroatoms. The van der Waals surface area contributed by atoms with E-state index in [1.54, 1.807) is 0 Å². The van der Waals surface area contributed by atoms with Gasteiger partial charge in [-0.3, -0.25) is 24.2 Å². The minimum atomic E-state index is -0.963. The lowest BCUT2D eigenvalue weighted by Gasteiger charge is -2.23. The van der Waals surface area contributed by atoms with Crippen molar-refractivity contribution in [2.24, 2.45) is 22.2 Å². The maximum Gasteiger partial charge on any atom is 0.244 e. The molecule has 4 amide bonds. The van der Waals surface area contributed by atoms with E-state index < -0.39 is 41.8 Å². The van der Waals surface area contributed by atoms with E-state index in [1.165, 1.54) is 13.8 Å². The van der Waals surface area contributed by atoms with Crippen molar-refractivity contribution >= 4 is 42.2 Å². The highest BCUT2D eigenvalue weighted by Crippen LogP contribution is 2.01. The molecule has 0 aromatic rings. The average Bonchev–Trinajstić information content (AvgIpc) is 2.54. The van der Waals surface area contributed by atoms with Crippen LogP contribution in [0.5, 0.6) is 0 Å². The number of hydrogen-bond acceptors (Lipinski definition) is 6. The van der Waals surface area contributed by atoms with Gasteiger partial charge in [-0.1, -0.05) is 0 Å². The highest BCUT2D eigenvalue weighted by Gasteiger charge is 2.26. The molecule has 0 aliphatic rings. The molecule has 0 radical (unpaired) electrons. The molecule has 26 heavy (non-hydrogen) atoms. The molecule has 3 atom stereocenters. The van der Waals surface area contributed by atoms with Crippen LogP contribution >= 0.6 is 12.6 Å². The number of nitrogens with zero attached hydrogens (tertiary/aromatic N) is 1. The summed E-state index contributed by atoms with van der Waals surface area (Å²) in [4.78, 5) is 50.6. The summed E-state index contributed by atoms with van der Waals surface area (Å²) >= 11 is 4.01. The largest absolute Gasteiger partial charge is 0.370 e. The number of aliphatic imine (C=N–C) groups is 1. The van der Waals surface area contributed by atoms with Gasteiger partial charge in [-0.2, -0.15) is 12.6 Å². The molecule has 0 aliphatic heterocycles. The highest BCUT2D eigenvalue weighted by molar-refractivity contribution is 7.80. The molecule has 0 heterocycles. The SMILES string of the molecule is CC(=O)N[C@@H](CS)C(=O)N[C@@H](CCCN=C(N)N)C(=O)N[C@@H](C)C(N)=O. The fourth-order valence-corrected chi connectivity index (χ4v) is 2.13. The van der Waals surface area contributed by atoms with Crippen LogP contribution in [0.4, 0.5) is 0 Å². The predicted octanol–water partition coefficient (Wildman–Crippen LogP) is -3.05. The lowest BCUT2D eigenvalue weighted by atomic mass is 10.1. The Bertz CT molecular complexity index is 551. The number of hydrogen-bond donors (Lipinski definition) is 7. The van der Waals surface area contributed by atoms with Crippen LogP contribution in [-0.4, -0.2) is 60.0 Å². The van der Waals surface area contributed by atoms with E-state index in [1.807, 2.05) is 0 Å². The van der Waals surface area contributed by atoms with Crippen molar-refractivity contribution in [2.75, 3.05) is 12.3 Å². The quantitative estimate of drug-likeness (QED) is 0.0848. The Morgan fingerprint density at radius 3 is 2.04 bits per heavy atom. The van der Waals surface area contributed by atoms with Crippen molar-refractivity contribution in [2.45, 2.75) is 44.8 Å². The Morgan fingerprint density at radius 1 is 1.00 bits per heavy atom. The minimum Gasteiger partial charge on any atom is -0.370 e. The van der Waals surface area contributed by atoms with Crippen molar-refractivity contribution in [3.8, 4) is 0 Å². The van der Waals surface area contributed by atoms with Crippen LogP contribution < -0.4 is 33.2 Å². The van der Waals surface area contributed by atoms with Gasteiger partial charge in [0, 0.05) is 19.2 Å². The van der Waals surface area contributed by atoms with Crippen molar-refractivity contribution in [1.82, 2.24) is 16.0 Å². The monoisotopic (exact) mass is 389 g/mol. The van der Waals surface area contributed by atoms with Crippen molar-refractivity contribution in [3.63, 3.8) is 0 Å². The number of nitrogens with two attached hydrogens (primary N) is 3. The number of guanidine groups is 1. The smallest absolute Gasteiger partial charge is 0.244 e. The summed E-state index contributed by atoms with van der Waals surface area (Å²) in [6, 6.07) is -2.78. The van der Waals surface area contributed by atoms with Gasteiger partial charge in [0.1, 0.15) is 18.1 Å². The van der Waals surface area contributed by atoms with Gasteiger partial charge in [0.05, 0.1) is 0 Å². The fraction of sp³-hybridized carbons (Fsp3) is 0.643. The molecule has 9 N–H and O–H groups in total. The van der Waals surface area contributed by atoms with Crippen molar-refractivity contribution < 1.29 is 19.2 Å². The summed E-state index contributed by atoms with van der Waals surface area (Å²) in [5.41, 5.74) is 15.6. The van der Waals surface area contributed by atoms with Crippen LogP contribution in [0.1, 0.15) is 26.7 Å². The standard InChI is InChI=1S/C14H27N7O4S/c1-7(11(15)23)19-12(24)9(4-3-5-18-14(16)17)21-13(25)10(6-26)20-8(2)22/h7,9-10,26H,3-6H2,1-2H3,(H2,15,23)(H,19,24)(H,20,22)(H,21,25)(H4,16,17,18)/t7-,9-,10-/m0/s1. The third kappa shape index (κ3) is 9.71. The van der Waals surface area contributed by atoms with E-state index in [9.17, 15) is 19.2 Å².